The highest BCUT2D eigenvalue weighted by atomic mass is 19.1. The summed E-state index contributed by atoms with van der Waals surface area (Å²) < 4.78 is 19.2. The number of nitrogens with one attached hydrogen (secondary N) is 2. The number of aryl methyl sites for hydroxylation is 1. The van der Waals surface area contributed by atoms with Crippen LogP contribution >= 0.6 is 0 Å². The van der Waals surface area contributed by atoms with Crippen LogP contribution in [0.4, 0.5) is 20.8 Å². The van der Waals surface area contributed by atoms with E-state index in [0.29, 0.717) is 41.9 Å². The lowest BCUT2D eigenvalue weighted by atomic mass is 10.0. The maximum atomic E-state index is 12.8. The van der Waals surface area contributed by atoms with Crippen LogP contribution in [0.25, 0.3) is 22.0 Å². The number of hydrogen-bond donors (Lipinski definition) is 4. The van der Waals surface area contributed by atoms with Crippen LogP contribution in [0.15, 0.2) is 60.9 Å². The summed E-state index contributed by atoms with van der Waals surface area (Å²) in [5.74, 6) is 1.39. The first-order valence-corrected chi connectivity index (χ1v) is 13.1. The maximum absolute atomic E-state index is 12.8. The van der Waals surface area contributed by atoms with E-state index < -0.39 is 18.9 Å². The molecule has 0 radical (unpaired) electrons. The van der Waals surface area contributed by atoms with Crippen LogP contribution in [0.3, 0.4) is 0 Å². The molecule has 0 saturated carbocycles. The number of piperidine rings is 1. The number of aliphatic hydroxyl groups excluding tert-OH is 1. The minimum Gasteiger partial charge on any atom is -0.465 e. The second-order valence-corrected chi connectivity index (χ2v) is 9.74. The normalized spacial score (nSPS) is 16.0. The summed E-state index contributed by atoms with van der Waals surface area (Å²) in [6.07, 6.45) is 2.86. The number of carbonyl (C=O) groups is 1. The van der Waals surface area contributed by atoms with Gasteiger partial charge in [0.2, 0.25) is 11.8 Å². The number of fused-ring (bicyclic) bond motifs is 1. The lowest BCUT2D eigenvalue weighted by Gasteiger charge is -2.31. The van der Waals surface area contributed by atoms with Gasteiger partial charge in [0.15, 0.2) is 0 Å². The Morgan fingerprint density at radius 1 is 1.15 bits per heavy atom. The zero-order valence-electron chi connectivity index (χ0n) is 22.0. The van der Waals surface area contributed by atoms with E-state index >= 15 is 0 Å². The molecule has 2 aromatic heterocycles. The van der Waals surface area contributed by atoms with E-state index in [2.05, 4.69) is 25.6 Å². The third-order valence-electron chi connectivity index (χ3n) is 6.84. The van der Waals surface area contributed by atoms with Gasteiger partial charge in [0.25, 0.3) is 0 Å². The number of rotatable bonds is 9. The number of hydrogen-bond acceptors (Lipinski definition) is 8. The van der Waals surface area contributed by atoms with Crippen molar-refractivity contribution in [2.45, 2.75) is 31.9 Å². The molecule has 2 aromatic carbocycles. The SMILES string of the molecule is Cc1ccc2c(NC[C@H](O)CF)cccc2c1Oc1ncccc1-c1ccnc(N[C@H]2CCCN(C(=O)O)C2)n1. The summed E-state index contributed by atoms with van der Waals surface area (Å²) in [7, 11) is 0. The monoisotopic (exact) mass is 546 g/mol. The van der Waals surface area contributed by atoms with Gasteiger partial charge in [-0.15, -0.1) is 0 Å². The Labute approximate surface area is 230 Å². The summed E-state index contributed by atoms with van der Waals surface area (Å²) in [5, 5.41) is 27.1. The number of nitrogens with zero attached hydrogens (tertiary/aromatic N) is 4. The van der Waals surface area contributed by atoms with Crippen molar-refractivity contribution < 1.29 is 24.1 Å². The van der Waals surface area contributed by atoms with Crippen LogP contribution in [-0.2, 0) is 0 Å². The highest BCUT2D eigenvalue weighted by Crippen LogP contribution is 2.38. The zero-order chi connectivity index (χ0) is 28.1. The second-order valence-electron chi connectivity index (χ2n) is 9.74. The lowest BCUT2D eigenvalue weighted by molar-refractivity contribution is 0.132. The number of amides is 1. The number of anilines is 2. The van der Waals surface area contributed by atoms with E-state index in [-0.39, 0.29) is 12.6 Å². The van der Waals surface area contributed by atoms with Crippen molar-refractivity contribution in [2.75, 3.05) is 36.9 Å². The summed E-state index contributed by atoms with van der Waals surface area (Å²) in [4.78, 5) is 26.3. The number of aliphatic hydroxyl groups is 1. The Balaban J connectivity index is 1.42. The number of carboxylic acid groups (broad SMARTS) is 1. The Morgan fingerprint density at radius 2 is 2.02 bits per heavy atom. The van der Waals surface area contributed by atoms with Crippen molar-refractivity contribution in [2.24, 2.45) is 0 Å². The van der Waals surface area contributed by atoms with Gasteiger partial charge < -0.3 is 30.5 Å². The molecule has 1 aliphatic rings. The van der Waals surface area contributed by atoms with Crippen LogP contribution in [0, 0.1) is 6.92 Å². The largest absolute Gasteiger partial charge is 0.465 e. The molecule has 208 valence electrons. The van der Waals surface area contributed by atoms with Crippen molar-refractivity contribution >= 4 is 28.5 Å². The van der Waals surface area contributed by atoms with Gasteiger partial charge in [0.05, 0.1) is 17.4 Å². The molecule has 2 atom stereocenters. The second kappa shape index (κ2) is 12.1. The average molecular weight is 547 g/mol. The predicted octanol–water partition coefficient (Wildman–Crippen LogP) is 5.09. The molecule has 1 amide bonds. The fourth-order valence-electron chi connectivity index (χ4n) is 4.80. The van der Waals surface area contributed by atoms with Gasteiger partial charge in [0.1, 0.15) is 12.4 Å². The van der Waals surface area contributed by atoms with Crippen molar-refractivity contribution in [3.63, 3.8) is 0 Å². The first-order valence-electron chi connectivity index (χ1n) is 13.1. The van der Waals surface area contributed by atoms with Gasteiger partial charge in [-0.2, -0.15) is 0 Å². The van der Waals surface area contributed by atoms with Gasteiger partial charge in [-0.1, -0.05) is 24.3 Å². The van der Waals surface area contributed by atoms with E-state index in [1.165, 1.54) is 4.90 Å². The number of pyridine rings is 1. The molecule has 0 unspecified atom stereocenters. The molecule has 0 aliphatic carbocycles. The molecule has 10 nitrogen and oxygen atoms in total. The average Bonchev–Trinajstić information content (AvgIpc) is 2.97. The van der Waals surface area contributed by atoms with Crippen LogP contribution in [0.5, 0.6) is 11.6 Å². The smallest absolute Gasteiger partial charge is 0.407 e. The molecule has 0 spiro atoms. The molecule has 1 aliphatic heterocycles. The third-order valence-corrected chi connectivity index (χ3v) is 6.84. The number of ether oxygens (including phenoxy) is 1. The molecule has 3 heterocycles. The molecule has 5 rings (SSSR count). The zero-order valence-corrected chi connectivity index (χ0v) is 22.0. The topological polar surface area (TPSA) is 133 Å². The summed E-state index contributed by atoms with van der Waals surface area (Å²) in [6.45, 7) is 2.10. The van der Waals surface area contributed by atoms with Crippen LogP contribution in [-0.4, -0.2) is 74.6 Å². The van der Waals surface area contributed by atoms with Gasteiger partial charge in [-0.3, -0.25) is 0 Å². The molecule has 40 heavy (non-hydrogen) atoms. The first-order chi connectivity index (χ1) is 19.4. The fourth-order valence-corrected chi connectivity index (χ4v) is 4.80. The minimum absolute atomic E-state index is 0.0862. The minimum atomic E-state index is -1.09. The van der Waals surface area contributed by atoms with Crippen LogP contribution in [0.2, 0.25) is 0 Å². The van der Waals surface area contributed by atoms with E-state index in [1.54, 1.807) is 24.5 Å². The molecule has 1 saturated heterocycles. The molecule has 4 N–H and O–H groups in total. The summed E-state index contributed by atoms with van der Waals surface area (Å²) >= 11 is 0. The molecule has 0 bridgehead atoms. The highest BCUT2D eigenvalue weighted by Gasteiger charge is 2.24. The highest BCUT2D eigenvalue weighted by molar-refractivity contribution is 5.98. The van der Waals surface area contributed by atoms with Crippen molar-refractivity contribution in [3.8, 4) is 22.9 Å². The van der Waals surface area contributed by atoms with Gasteiger partial charge in [-0.05, 0) is 49.6 Å². The van der Waals surface area contributed by atoms with Gasteiger partial charge in [-0.25, -0.2) is 24.1 Å². The van der Waals surface area contributed by atoms with Crippen LogP contribution in [0.1, 0.15) is 18.4 Å². The van der Waals surface area contributed by atoms with E-state index in [0.717, 1.165) is 34.9 Å². The molecular weight excluding hydrogens is 515 g/mol. The molecule has 11 heteroatoms. The Morgan fingerprint density at radius 3 is 2.85 bits per heavy atom. The van der Waals surface area contributed by atoms with Gasteiger partial charge >= 0.3 is 6.09 Å². The Kier molecular flexibility index (Phi) is 8.20. The number of alkyl halides is 1. The van der Waals surface area contributed by atoms with Crippen molar-refractivity contribution in [1.82, 2.24) is 19.9 Å². The first kappa shape index (κ1) is 27.1. The standard InChI is InChI=1S/C29H31FN6O4/c1-18-9-10-21-22(6-2-8-24(21)33-16-20(37)15-30)26(18)40-27-23(7-3-12-31-27)25-11-13-32-28(35-25)34-19-5-4-14-36(17-19)29(38)39/h2-3,6-13,19-20,33,37H,4-5,14-17H2,1H3,(H,38,39)(H,32,34,35)/t19-,20+/m0/s1. The van der Waals surface area contributed by atoms with Gasteiger partial charge in [0, 0.05) is 54.5 Å². The quantitative estimate of drug-likeness (QED) is 0.227. The number of aromatic nitrogens is 3. The Bertz CT molecular complexity index is 1500. The third kappa shape index (κ3) is 6.04. The maximum Gasteiger partial charge on any atom is 0.407 e. The molecule has 4 aromatic rings. The summed E-state index contributed by atoms with van der Waals surface area (Å²) in [6, 6.07) is 14.9. The summed E-state index contributed by atoms with van der Waals surface area (Å²) in [5.41, 5.74) is 2.93. The van der Waals surface area contributed by atoms with E-state index in [1.807, 2.05) is 43.3 Å². The van der Waals surface area contributed by atoms with Crippen LogP contribution < -0.4 is 15.4 Å². The lowest BCUT2D eigenvalue weighted by Crippen LogP contribution is -2.44. The number of benzene rings is 2. The number of likely N-dealkylation sites (tertiary alicyclic amines) is 1. The van der Waals surface area contributed by atoms with Crippen molar-refractivity contribution in [1.29, 1.82) is 0 Å². The molecule has 1 fully saturated rings. The van der Waals surface area contributed by atoms with E-state index in [4.69, 9.17) is 4.74 Å². The Hall–Kier alpha value is -4.51. The molecular formula is C29H31FN6O4. The fraction of sp³-hybridized carbons (Fsp3) is 0.310. The van der Waals surface area contributed by atoms with E-state index in [9.17, 15) is 19.4 Å². The van der Waals surface area contributed by atoms with Crippen molar-refractivity contribution in [3.05, 3.63) is 66.5 Å². The number of halogens is 1. The predicted molar refractivity (Wildman–Crippen MR) is 151 cm³/mol.